The van der Waals surface area contributed by atoms with E-state index in [2.05, 4.69) is 6.92 Å². The first kappa shape index (κ1) is 9.96. The summed E-state index contributed by atoms with van der Waals surface area (Å²) in [5, 5.41) is 0. The summed E-state index contributed by atoms with van der Waals surface area (Å²) in [5.74, 6) is 0. The lowest BCUT2D eigenvalue weighted by atomic mass is 10.3. The molecule has 0 amide bonds. The molecule has 10 heavy (non-hydrogen) atoms. The van der Waals surface area contributed by atoms with Crippen LogP contribution >= 0.6 is 0 Å². The van der Waals surface area contributed by atoms with Gasteiger partial charge >= 0.3 is 0 Å². The van der Waals surface area contributed by atoms with E-state index in [1.807, 2.05) is 0 Å². The minimum absolute atomic E-state index is 0.844. The van der Waals surface area contributed by atoms with Crippen LogP contribution in [0.2, 0.25) is 0 Å². The van der Waals surface area contributed by atoms with Crippen LogP contribution < -0.4 is 5.73 Å². The smallest absolute Gasteiger partial charge is 0.00774 e. The maximum Gasteiger partial charge on any atom is -0.00774 e. The van der Waals surface area contributed by atoms with Crippen LogP contribution in [0.15, 0.2) is 0 Å². The quantitative estimate of drug-likeness (QED) is 0.632. The van der Waals surface area contributed by atoms with E-state index in [0.717, 1.165) is 6.54 Å². The van der Waals surface area contributed by atoms with Gasteiger partial charge in [-0.1, -0.05) is 45.4 Å². The summed E-state index contributed by atoms with van der Waals surface area (Å²) in [4.78, 5) is 0. The second kappa shape index (κ2) is 8.96. The van der Waals surface area contributed by atoms with Crippen LogP contribution in [0.5, 0.6) is 0 Å². The Morgan fingerprint density at radius 2 is 1.40 bits per heavy atom. The fourth-order valence-corrected chi connectivity index (χ4v) is 1.09. The fourth-order valence-electron chi connectivity index (χ4n) is 1.09. The summed E-state index contributed by atoms with van der Waals surface area (Å²) in [5.41, 5.74) is 5.14. The minimum Gasteiger partial charge on any atom is -0.330 e. The van der Waals surface area contributed by atoms with Gasteiger partial charge in [-0.25, -0.2) is 0 Å². The predicted molar refractivity (Wildman–Crippen MR) is 47.0 cm³/mol. The van der Waals surface area contributed by atoms with Gasteiger partial charge in [0.15, 0.2) is 0 Å². The molecule has 0 aromatic rings. The standard InChI is InChI=1S/C5H10.C4H11N/c1-2-4-5-3-1;1-2-3-4-5/h1-5H2;2-5H2,1H3. The Morgan fingerprint density at radius 1 is 1.00 bits per heavy atom. The zero-order valence-electron chi connectivity index (χ0n) is 7.23. The van der Waals surface area contributed by atoms with Crippen molar-refractivity contribution in [3.63, 3.8) is 0 Å². The second-order valence-electron chi connectivity index (χ2n) is 2.91. The molecule has 0 saturated heterocycles. The lowest BCUT2D eigenvalue weighted by molar-refractivity contribution is 0.807. The molecule has 0 radical (unpaired) electrons. The van der Waals surface area contributed by atoms with Gasteiger partial charge in [-0.2, -0.15) is 0 Å². The molecule has 1 rings (SSSR count). The van der Waals surface area contributed by atoms with Crippen LogP contribution in [0.1, 0.15) is 51.9 Å². The van der Waals surface area contributed by atoms with Crippen LogP contribution in [0, 0.1) is 0 Å². The van der Waals surface area contributed by atoms with Crippen molar-refractivity contribution in [2.24, 2.45) is 5.73 Å². The normalized spacial score (nSPS) is 16.2. The largest absolute Gasteiger partial charge is 0.330 e. The number of unbranched alkanes of at least 4 members (excludes halogenated alkanes) is 1. The van der Waals surface area contributed by atoms with Gasteiger partial charge in [-0.3, -0.25) is 0 Å². The molecule has 0 heterocycles. The van der Waals surface area contributed by atoms with Gasteiger partial charge in [0.05, 0.1) is 0 Å². The van der Waals surface area contributed by atoms with Gasteiger partial charge < -0.3 is 5.73 Å². The number of hydrogen-bond acceptors (Lipinski definition) is 1. The first-order chi connectivity index (χ1) is 4.91. The number of rotatable bonds is 2. The summed E-state index contributed by atoms with van der Waals surface area (Å²) in [6.45, 7) is 2.98. The van der Waals surface area contributed by atoms with E-state index in [9.17, 15) is 0 Å². The van der Waals surface area contributed by atoms with Crippen LogP contribution in [0.4, 0.5) is 0 Å². The minimum atomic E-state index is 0.844. The third-order valence-corrected chi connectivity index (χ3v) is 1.81. The van der Waals surface area contributed by atoms with E-state index >= 15 is 0 Å². The summed E-state index contributed by atoms with van der Waals surface area (Å²) < 4.78 is 0. The molecular weight excluding hydrogens is 122 g/mol. The molecule has 0 spiro atoms. The van der Waals surface area contributed by atoms with Crippen LogP contribution in [-0.2, 0) is 0 Å². The Balaban J connectivity index is 0.000000162. The SMILES string of the molecule is C1CCCC1.CCCCN. The van der Waals surface area contributed by atoms with E-state index < -0.39 is 0 Å². The molecule has 1 fully saturated rings. The van der Waals surface area contributed by atoms with E-state index in [1.54, 1.807) is 0 Å². The molecule has 0 aromatic heterocycles. The Hall–Kier alpha value is -0.0400. The second-order valence-corrected chi connectivity index (χ2v) is 2.91. The van der Waals surface area contributed by atoms with Crippen molar-refractivity contribution in [2.45, 2.75) is 51.9 Å². The van der Waals surface area contributed by atoms with Crippen molar-refractivity contribution in [1.29, 1.82) is 0 Å². The van der Waals surface area contributed by atoms with Gasteiger partial charge in [0, 0.05) is 0 Å². The van der Waals surface area contributed by atoms with E-state index in [-0.39, 0.29) is 0 Å². The van der Waals surface area contributed by atoms with E-state index in [1.165, 1.54) is 44.9 Å². The molecule has 1 aliphatic rings. The van der Waals surface area contributed by atoms with Crippen LogP contribution in [-0.4, -0.2) is 6.54 Å². The zero-order valence-corrected chi connectivity index (χ0v) is 7.23. The van der Waals surface area contributed by atoms with Crippen LogP contribution in [0.25, 0.3) is 0 Å². The molecule has 0 atom stereocenters. The Bertz CT molecular complexity index is 39.1. The highest BCUT2D eigenvalue weighted by Crippen LogP contribution is 2.15. The third-order valence-electron chi connectivity index (χ3n) is 1.81. The van der Waals surface area contributed by atoms with E-state index in [0.29, 0.717) is 0 Å². The first-order valence-electron chi connectivity index (χ1n) is 4.62. The lowest BCUT2D eigenvalue weighted by Crippen LogP contribution is -1.95. The zero-order chi connectivity index (χ0) is 7.66. The molecule has 0 bridgehead atoms. The fraction of sp³-hybridized carbons (Fsp3) is 1.00. The Labute approximate surface area is 65.0 Å². The molecule has 0 aromatic carbocycles. The topological polar surface area (TPSA) is 26.0 Å². The highest BCUT2D eigenvalue weighted by Gasteiger charge is 1.95. The molecule has 0 aliphatic heterocycles. The van der Waals surface area contributed by atoms with Gasteiger partial charge in [0.2, 0.25) is 0 Å². The van der Waals surface area contributed by atoms with Crippen molar-refractivity contribution < 1.29 is 0 Å². The van der Waals surface area contributed by atoms with Gasteiger partial charge in [-0.05, 0) is 13.0 Å². The summed E-state index contributed by atoms with van der Waals surface area (Å²) in [7, 11) is 0. The van der Waals surface area contributed by atoms with Crippen LogP contribution in [0.3, 0.4) is 0 Å². The van der Waals surface area contributed by atoms with E-state index in [4.69, 9.17) is 5.73 Å². The molecule has 1 nitrogen and oxygen atoms in total. The maximum absolute atomic E-state index is 5.14. The van der Waals surface area contributed by atoms with Crippen molar-refractivity contribution in [3.05, 3.63) is 0 Å². The average molecular weight is 143 g/mol. The Kier molecular flexibility index (Phi) is 8.92. The third kappa shape index (κ3) is 7.96. The molecule has 62 valence electrons. The molecule has 0 unspecified atom stereocenters. The molecule has 1 aliphatic carbocycles. The van der Waals surface area contributed by atoms with Gasteiger partial charge in [0.1, 0.15) is 0 Å². The monoisotopic (exact) mass is 143 g/mol. The summed E-state index contributed by atoms with van der Waals surface area (Å²) in [6.07, 6.45) is 9.89. The Morgan fingerprint density at radius 3 is 1.50 bits per heavy atom. The van der Waals surface area contributed by atoms with Crippen molar-refractivity contribution in [3.8, 4) is 0 Å². The van der Waals surface area contributed by atoms with Gasteiger partial charge in [-0.15, -0.1) is 0 Å². The highest BCUT2D eigenvalue weighted by atomic mass is 14.5. The average Bonchev–Trinajstić information content (AvgIpc) is 2.44. The molecule has 2 N–H and O–H groups in total. The van der Waals surface area contributed by atoms with Crippen molar-refractivity contribution >= 4 is 0 Å². The molecular formula is C9H21N. The summed E-state index contributed by atoms with van der Waals surface area (Å²) >= 11 is 0. The van der Waals surface area contributed by atoms with Gasteiger partial charge in [0.25, 0.3) is 0 Å². The molecule has 1 saturated carbocycles. The maximum atomic E-state index is 5.14. The van der Waals surface area contributed by atoms with Crippen molar-refractivity contribution in [2.75, 3.05) is 6.54 Å². The first-order valence-corrected chi connectivity index (χ1v) is 4.62. The highest BCUT2D eigenvalue weighted by molar-refractivity contribution is 4.51. The number of nitrogens with two attached hydrogens (primary N) is 1. The molecule has 1 heteroatoms. The number of hydrogen-bond donors (Lipinski definition) is 1. The summed E-state index contributed by atoms with van der Waals surface area (Å²) in [6, 6.07) is 0. The predicted octanol–water partition coefficient (Wildman–Crippen LogP) is 2.70. The van der Waals surface area contributed by atoms with Crippen molar-refractivity contribution in [1.82, 2.24) is 0 Å². The lowest BCUT2D eigenvalue weighted by Gasteiger charge is -1.80.